The largest absolute Gasteiger partial charge is 0.377 e. The van der Waals surface area contributed by atoms with Gasteiger partial charge in [0.25, 0.3) is 0 Å². The van der Waals surface area contributed by atoms with E-state index in [2.05, 4.69) is 31.2 Å². The monoisotopic (exact) mass is 211 g/mol. The van der Waals surface area contributed by atoms with Crippen molar-refractivity contribution in [3.05, 3.63) is 18.0 Å². The van der Waals surface area contributed by atoms with Gasteiger partial charge in [0.1, 0.15) is 0 Å². The summed E-state index contributed by atoms with van der Waals surface area (Å²) in [5.74, 6) is 0. The van der Waals surface area contributed by atoms with Crippen LogP contribution >= 0.6 is 0 Å². The first-order valence-corrected chi connectivity index (χ1v) is 5.22. The van der Waals surface area contributed by atoms with Gasteiger partial charge in [-0.05, 0) is 20.8 Å². The van der Waals surface area contributed by atoms with Crippen LogP contribution in [0.1, 0.15) is 32.4 Å². The molecule has 1 heterocycles. The summed E-state index contributed by atoms with van der Waals surface area (Å²) in [5.41, 5.74) is 1.07. The van der Waals surface area contributed by atoms with Crippen molar-refractivity contribution >= 4 is 0 Å². The van der Waals surface area contributed by atoms with Crippen LogP contribution in [-0.2, 0) is 11.8 Å². The zero-order chi connectivity index (χ0) is 11.5. The van der Waals surface area contributed by atoms with E-state index in [9.17, 15) is 0 Å². The van der Waals surface area contributed by atoms with Crippen molar-refractivity contribution in [1.29, 1.82) is 0 Å². The van der Waals surface area contributed by atoms with Crippen molar-refractivity contribution in [3.63, 3.8) is 0 Å². The van der Waals surface area contributed by atoms with Gasteiger partial charge < -0.3 is 10.1 Å². The molecule has 1 aromatic rings. The lowest BCUT2D eigenvalue weighted by molar-refractivity contribution is 0.0214. The number of aromatic nitrogens is 2. The summed E-state index contributed by atoms with van der Waals surface area (Å²) in [6.07, 6.45) is 3.91. The van der Waals surface area contributed by atoms with E-state index in [0.717, 1.165) is 6.54 Å². The van der Waals surface area contributed by atoms with Crippen LogP contribution in [0.5, 0.6) is 0 Å². The van der Waals surface area contributed by atoms with E-state index in [-0.39, 0.29) is 5.60 Å². The first kappa shape index (κ1) is 12.2. The van der Waals surface area contributed by atoms with Crippen LogP contribution in [0, 0.1) is 0 Å². The molecule has 86 valence electrons. The van der Waals surface area contributed by atoms with Gasteiger partial charge >= 0.3 is 0 Å². The van der Waals surface area contributed by atoms with E-state index in [1.807, 2.05) is 24.1 Å². The molecule has 4 nitrogen and oxygen atoms in total. The SMILES string of the molecule is COC(C)(C)CNC(C)c1cnn(C)c1. The highest BCUT2D eigenvalue weighted by molar-refractivity contribution is 5.08. The molecule has 0 spiro atoms. The minimum atomic E-state index is -0.129. The predicted octanol–water partition coefficient (Wildman–Crippen LogP) is 1.50. The Kier molecular flexibility index (Phi) is 3.88. The minimum absolute atomic E-state index is 0.129. The van der Waals surface area contributed by atoms with E-state index in [1.54, 1.807) is 7.11 Å². The molecule has 0 radical (unpaired) electrons. The Bertz CT molecular complexity index is 307. The Morgan fingerprint density at radius 2 is 2.27 bits per heavy atom. The highest BCUT2D eigenvalue weighted by Gasteiger charge is 2.17. The fourth-order valence-electron chi connectivity index (χ4n) is 1.25. The van der Waals surface area contributed by atoms with Crippen molar-refractivity contribution in [2.45, 2.75) is 32.4 Å². The maximum absolute atomic E-state index is 5.35. The van der Waals surface area contributed by atoms with Crippen molar-refractivity contribution in [3.8, 4) is 0 Å². The third-order valence-corrected chi connectivity index (χ3v) is 2.61. The molecule has 1 aromatic heterocycles. The Morgan fingerprint density at radius 1 is 1.60 bits per heavy atom. The molecule has 1 atom stereocenters. The fraction of sp³-hybridized carbons (Fsp3) is 0.727. The molecule has 0 amide bonds. The van der Waals surface area contributed by atoms with E-state index >= 15 is 0 Å². The highest BCUT2D eigenvalue weighted by Crippen LogP contribution is 2.12. The van der Waals surface area contributed by atoms with Gasteiger partial charge in [0, 0.05) is 38.5 Å². The van der Waals surface area contributed by atoms with E-state index in [1.165, 1.54) is 5.56 Å². The molecule has 1 rings (SSSR count). The summed E-state index contributed by atoms with van der Waals surface area (Å²) in [5, 5.41) is 7.57. The van der Waals surface area contributed by atoms with Gasteiger partial charge in [-0.2, -0.15) is 5.10 Å². The molecule has 4 heteroatoms. The van der Waals surface area contributed by atoms with Gasteiger partial charge in [-0.1, -0.05) is 0 Å². The molecule has 1 N–H and O–H groups in total. The molecule has 0 bridgehead atoms. The van der Waals surface area contributed by atoms with Gasteiger partial charge in [-0.25, -0.2) is 0 Å². The lowest BCUT2D eigenvalue weighted by Crippen LogP contribution is -2.37. The van der Waals surface area contributed by atoms with E-state index < -0.39 is 0 Å². The first-order chi connectivity index (χ1) is 6.94. The zero-order valence-electron chi connectivity index (χ0n) is 10.2. The lowest BCUT2D eigenvalue weighted by atomic mass is 10.1. The first-order valence-electron chi connectivity index (χ1n) is 5.22. The normalized spacial score (nSPS) is 14.2. The maximum Gasteiger partial charge on any atom is 0.0746 e. The molecule has 0 aliphatic carbocycles. The third kappa shape index (κ3) is 3.64. The summed E-state index contributed by atoms with van der Waals surface area (Å²) in [6.45, 7) is 7.08. The summed E-state index contributed by atoms with van der Waals surface area (Å²) in [6, 6.07) is 0.299. The Labute approximate surface area is 91.6 Å². The van der Waals surface area contributed by atoms with Crippen LogP contribution in [-0.4, -0.2) is 29.0 Å². The standard InChI is InChI=1S/C11H21N3O/c1-9(10-6-13-14(4)7-10)12-8-11(2,3)15-5/h6-7,9,12H,8H2,1-5H3. The summed E-state index contributed by atoms with van der Waals surface area (Å²) in [4.78, 5) is 0. The molecular formula is C11H21N3O. The summed E-state index contributed by atoms with van der Waals surface area (Å²) >= 11 is 0. The Hall–Kier alpha value is -0.870. The molecule has 0 aliphatic heterocycles. The fourth-order valence-corrected chi connectivity index (χ4v) is 1.25. The molecule has 0 aromatic carbocycles. The zero-order valence-corrected chi connectivity index (χ0v) is 10.2. The number of hydrogen-bond donors (Lipinski definition) is 1. The highest BCUT2D eigenvalue weighted by atomic mass is 16.5. The van der Waals surface area contributed by atoms with Crippen LogP contribution in [0.25, 0.3) is 0 Å². The molecular weight excluding hydrogens is 190 g/mol. The molecule has 15 heavy (non-hydrogen) atoms. The van der Waals surface area contributed by atoms with Gasteiger partial charge in [-0.3, -0.25) is 4.68 Å². The van der Waals surface area contributed by atoms with E-state index in [4.69, 9.17) is 4.74 Å². The smallest absolute Gasteiger partial charge is 0.0746 e. The van der Waals surface area contributed by atoms with Crippen molar-refractivity contribution in [1.82, 2.24) is 15.1 Å². The third-order valence-electron chi connectivity index (χ3n) is 2.61. The number of aryl methyl sites for hydroxylation is 1. The Balaban J connectivity index is 2.46. The lowest BCUT2D eigenvalue weighted by Gasteiger charge is -2.25. The van der Waals surface area contributed by atoms with Crippen LogP contribution < -0.4 is 5.32 Å². The van der Waals surface area contributed by atoms with Crippen molar-refractivity contribution < 1.29 is 4.74 Å². The number of hydrogen-bond acceptors (Lipinski definition) is 3. The topological polar surface area (TPSA) is 39.1 Å². The number of ether oxygens (including phenoxy) is 1. The van der Waals surface area contributed by atoms with Crippen LogP contribution in [0.3, 0.4) is 0 Å². The average Bonchev–Trinajstić information content (AvgIpc) is 2.61. The molecule has 0 aliphatic rings. The number of rotatable bonds is 5. The minimum Gasteiger partial charge on any atom is -0.377 e. The van der Waals surface area contributed by atoms with Crippen molar-refractivity contribution in [2.24, 2.45) is 7.05 Å². The predicted molar refractivity (Wildman–Crippen MR) is 60.7 cm³/mol. The van der Waals surface area contributed by atoms with Gasteiger partial charge in [0.2, 0.25) is 0 Å². The second-order valence-corrected chi connectivity index (χ2v) is 4.51. The summed E-state index contributed by atoms with van der Waals surface area (Å²) in [7, 11) is 3.66. The number of methoxy groups -OCH3 is 1. The van der Waals surface area contributed by atoms with Gasteiger partial charge in [0.15, 0.2) is 0 Å². The van der Waals surface area contributed by atoms with Gasteiger partial charge in [0.05, 0.1) is 11.8 Å². The molecule has 1 unspecified atom stereocenters. The van der Waals surface area contributed by atoms with Crippen molar-refractivity contribution in [2.75, 3.05) is 13.7 Å². The number of nitrogens with zero attached hydrogens (tertiary/aromatic N) is 2. The molecule has 0 saturated heterocycles. The van der Waals surface area contributed by atoms with E-state index in [0.29, 0.717) is 6.04 Å². The average molecular weight is 211 g/mol. The number of nitrogens with one attached hydrogen (secondary N) is 1. The second-order valence-electron chi connectivity index (χ2n) is 4.51. The molecule has 0 saturated carbocycles. The van der Waals surface area contributed by atoms with Crippen LogP contribution in [0.2, 0.25) is 0 Å². The summed E-state index contributed by atoms with van der Waals surface area (Å²) < 4.78 is 7.16. The second kappa shape index (κ2) is 4.77. The van der Waals surface area contributed by atoms with Gasteiger partial charge in [-0.15, -0.1) is 0 Å². The Morgan fingerprint density at radius 3 is 2.73 bits per heavy atom. The molecule has 0 fully saturated rings. The van der Waals surface area contributed by atoms with Crippen LogP contribution in [0.15, 0.2) is 12.4 Å². The maximum atomic E-state index is 5.35. The van der Waals surface area contributed by atoms with Crippen LogP contribution in [0.4, 0.5) is 0 Å². The quantitative estimate of drug-likeness (QED) is 0.802.